The molecule has 6 atom stereocenters. The average molecular weight is 390 g/mol. The largest absolute Gasteiger partial charge is 0.459 e. The lowest BCUT2D eigenvalue weighted by Gasteiger charge is -2.54. The molecule has 8 nitrogen and oxygen atoms in total. The van der Waals surface area contributed by atoms with E-state index in [0.717, 1.165) is 32.4 Å². The zero-order valence-electron chi connectivity index (χ0n) is 16.6. The highest BCUT2D eigenvalue weighted by Crippen LogP contribution is 2.37. The second kappa shape index (κ2) is 7.85. The van der Waals surface area contributed by atoms with Gasteiger partial charge in [-0.15, -0.1) is 0 Å². The average Bonchev–Trinajstić information content (AvgIpc) is 3.21. The molecule has 2 amide bonds. The van der Waals surface area contributed by atoms with E-state index in [2.05, 4.69) is 10.6 Å². The Morgan fingerprint density at radius 1 is 1.21 bits per heavy atom. The van der Waals surface area contributed by atoms with Gasteiger partial charge in [0, 0.05) is 38.6 Å². The van der Waals surface area contributed by atoms with Gasteiger partial charge in [-0.1, -0.05) is 0 Å². The molecule has 0 spiro atoms. The van der Waals surface area contributed by atoms with E-state index >= 15 is 0 Å². The van der Waals surface area contributed by atoms with E-state index in [1.54, 1.807) is 19.1 Å². The number of hydrogen-bond donors (Lipinski definition) is 3. The van der Waals surface area contributed by atoms with Gasteiger partial charge in [-0.3, -0.25) is 14.9 Å². The highest BCUT2D eigenvalue weighted by atomic mass is 16.3. The first-order chi connectivity index (χ1) is 13.5. The number of carbonyl (C=O) groups is 2. The summed E-state index contributed by atoms with van der Waals surface area (Å²) >= 11 is 0. The van der Waals surface area contributed by atoms with Crippen LogP contribution in [0.15, 0.2) is 22.8 Å². The van der Waals surface area contributed by atoms with Gasteiger partial charge in [0.05, 0.1) is 24.5 Å². The first kappa shape index (κ1) is 19.4. The summed E-state index contributed by atoms with van der Waals surface area (Å²) in [5.74, 6) is 0.824. The summed E-state index contributed by atoms with van der Waals surface area (Å²) in [6, 6.07) is 3.87. The molecular weight excluding hydrogens is 358 g/mol. The molecule has 0 bridgehead atoms. The van der Waals surface area contributed by atoms with E-state index in [0.29, 0.717) is 24.3 Å². The van der Waals surface area contributed by atoms with Crippen LogP contribution >= 0.6 is 0 Å². The Bertz CT molecular complexity index is 701. The lowest BCUT2D eigenvalue weighted by molar-refractivity contribution is -0.141. The minimum Gasteiger partial charge on any atom is -0.459 e. The number of hydrogen-bond acceptors (Lipinski definition) is 6. The molecule has 0 aromatic carbocycles. The predicted molar refractivity (Wildman–Crippen MR) is 104 cm³/mol. The molecule has 0 radical (unpaired) electrons. The smallest absolute Gasteiger partial charge is 0.289 e. The minimum atomic E-state index is -0.0764. The summed E-state index contributed by atoms with van der Waals surface area (Å²) in [5.41, 5.74) is 5.93. The van der Waals surface area contributed by atoms with Gasteiger partial charge in [0.2, 0.25) is 5.91 Å². The normalized spacial score (nSPS) is 36.1. The third-order valence-corrected chi connectivity index (χ3v) is 6.64. The number of rotatable bonds is 2. The summed E-state index contributed by atoms with van der Waals surface area (Å²) in [4.78, 5) is 29.4. The van der Waals surface area contributed by atoms with E-state index < -0.39 is 0 Å². The molecule has 4 N–H and O–H groups in total. The van der Waals surface area contributed by atoms with Gasteiger partial charge in [-0.25, -0.2) is 0 Å². The number of fused-ring (bicyclic) bond motifs is 1. The van der Waals surface area contributed by atoms with E-state index in [1.165, 1.54) is 6.26 Å². The monoisotopic (exact) mass is 389 g/mol. The van der Waals surface area contributed by atoms with Crippen LogP contribution in [-0.4, -0.2) is 71.6 Å². The van der Waals surface area contributed by atoms with Crippen LogP contribution in [-0.2, 0) is 4.79 Å². The summed E-state index contributed by atoms with van der Waals surface area (Å²) < 4.78 is 5.38. The molecule has 8 heteroatoms. The van der Waals surface area contributed by atoms with Crippen molar-refractivity contribution in [3.63, 3.8) is 0 Å². The molecule has 1 aromatic rings. The first-order valence-corrected chi connectivity index (χ1v) is 10.3. The van der Waals surface area contributed by atoms with E-state index in [1.807, 2.05) is 16.7 Å². The maximum Gasteiger partial charge on any atom is 0.289 e. The molecule has 2 saturated heterocycles. The molecule has 3 aliphatic rings. The van der Waals surface area contributed by atoms with Crippen LogP contribution in [0.1, 0.15) is 43.7 Å². The Kier molecular flexibility index (Phi) is 5.44. The van der Waals surface area contributed by atoms with Crippen molar-refractivity contribution in [2.75, 3.05) is 19.6 Å². The molecule has 28 heavy (non-hydrogen) atoms. The molecule has 1 saturated carbocycles. The fraction of sp³-hybridized carbons (Fsp3) is 0.700. The molecule has 1 aromatic heterocycles. The van der Waals surface area contributed by atoms with Crippen LogP contribution in [0.25, 0.3) is 0 Å². The van der Waals surface area contributed by atoms with Gasteiger partial charge in [0.1, 0.15) is 0 Å². The molecule has 1 aliphatic carbocycles. The SMILES string of the molecule is CC(=O)N1C2CCC(C3CNC(N)CN3)CC2N(C(=O)c2ccco2)C[C@@H]1C. The van der Waals surface area contributed by atoms with Gasteiger partial charge in [0.15, 0.2) is 5.76 Å². The Balaban J connectivity index is 1.57. The molecular formula is C20H31N5O3. The van der Waals surface area contributed by atoms with Crippen molar-refractivity contribution in [2.24, 2.45) is 11.7 Å². The lowest BCUT2D eigenvalue weighted by atomic mass is 9.75. The second-order valence-electron chi connectivity index (χ2n) is 8.45. The number of nitrogens with one attached hydrogen (secondary N) is 2. The van der Waals surface area contributed by atoms with Gasteiger partial charge >= 0.3 is 0 Å². The molecule has 3 fully saturated rings. The van der Waals surface area contributed by atoms with Crippen molar-refractivity contribution < 1.29 is 14.0 Å². The number of amides is 2. The molecule has 3 heterocycles. The van der Waals surface area contributed by atoms with Crippen LogP contribution in [0.5, 0.6) is 0 Å². The number of piperazine rings is 2. The number of carbonyl (C=O) groups excluding carboxylic acids is 2. The fourth-order valence-electron chi connectivity index (χ4n) is 5.38. The van der Waals surface area contributed by atoms with Crippen LogP contribution in [0.2, 0.25) is 0 Å². The first-order valence-electron chi connectivity index (χ1n) is 10.3. The highest BCUT2D eigenvalue weighted by Gasteiger charge is 2.47. The molecule has 2 aliphatic heterocycles. The topological polar surface area (TPSA) is 104 Å². The van der Waals surface area contributed by atoms with Crippen molar-refractivity contribution >= 4 is 11.8 Å². The zero-order chi connectivity index (χ0) is 19.8. The van der Waals surface area contributed by atoms with Gasteiger partial charge < -0.3 is 25.3 Å². The maximum atomic E-state index is 13.1. The Labute approximate surface area is 165 Å². The maximum absolute atomic E-state index is 13.1. The van der Waals surface area contributed by atoms with E-state index in [9.17, 15) is 9.59 Å². The summed E-state index contributed by atoms with van der Waals surface area (Å²) in [5, 5.41) is 6.91. The number of nitrogens with two attached hydrogens (primary N) is 1. The Morgan fingerprint density at radius 3 is 2.68 bits per heavy atom. The number of nitrogens with zero attached hydrogens (tertiary/aromatic N) is 2. The minimum absolute atomic E-state index is 0.00156. The summed E-state index contributed by atoms with van der Waals surface area (Å²) in [7, 11) is 0. The van der Waals surface area contributed by atoms with E-state index in [-0.39, 0.29) is 36.1 Å². The zero-order valence-corrected chi connectivity index (χ0v) is 16.6. The van der Waals surface area contributed by atoms with Crippen LogP contribution < -0.4 is 16.4 Å². The predicted octanol–water partition coefficient (Wildman–Crippen LogP) is 0.356. The van der Waals surface area contributed by atoms with Crippen molar-refractivity contribution in [1.29, 1.82) is 0 Å². The van der Waals surface area contributed by atoms with E-state index in [4.69, 9.17) is 10.2 Å². The van der Waals surface area contributed by atoms with Crippen molar-refractivity contribution in [2.45, 2.75) is 63.4 Å². The number of furan rings is 1. The lowest BCUT2D eigenvalue weighted by Crippen LogP contribution is -2.68. The van der Waals surface area contributed by atoms with Crippen molar-refractivity contribution in [1.82, 2.24) is 20.4 Å². The Hall–Kier alpha value is -1.90. The standard InChI is InChI=1S/C20H31N5O3/c1-12-11-24(20(27)18-4-3-7-28-18)17-8-14(15-9-23-19(21)10-22-15)5-6-16(17)25(12)13(2)26/h3-4,7,12,14-17,19,22-23H,5-6,8-11,21H2,1-2H3/t12-,14?,15?,16?,17?,19?/m0/s1. The molecule has 4 rings (SSSR count). The van der Waals surface area contributed by atoms with Gasteiger partial charge in [-0.2, -0.15) is 0 Å². The third-order valence-electron chi connectivity index (χ3n) is 6.64. The highest BCUT2D eigenvalue weighted by molar-refractivity contribution is 5.92. The summed E-state index contributed by atoms with van der Waals surface area (Å²) in [6.07, 6.45) is 4.35. The van der Waals surface area contributed by atoms with Gasteiger partial charge in [-0.05, 0) is 44.2 Å². The van der Waals surface area contributed by atoms with Gasteiger partial charge in [0.25, 0.3) is 5.91 Å². The quantitative estimate of drug-likeness (QED) is 0.675. The molecule has 5 unspecified atom stereocenters. The Morgan fingerprint density at radius 2 is 2.04 bits per heavy atom. The summed E-state index contributed by atoms with van der Waals surface area (Å²) in [6.45, 7) is 5.79. The third kappa shape index (κ3) is 3.56. The van der Waals surface area contributed by atoms with Crippen molar-refractivity contribution in [3.8, 4) is 0 Å². The van der Waals surface area contributed by atoms with Crippen LogP contribution in [0.4, 0.5) is 0 Å². The second-order valence-corrected chi connectivity index (χ2v) is 8.45. The fourth-order valence-corrected chi connectivity index (χ4v) is 5.38. The van der Waals surface area contributed by atoms with Crippen LogP contribution in [0, 0.1) is 5.92 Å². The van der Waals surface area contributed by atoms with Crippen LogP contribution in [0.3, 0.4) is 0 Å². The van der Waals surface area contributed by atoms with Crippen molar-refractivity contribution in [3.05, 3.63) is 24.2 Å². The molecule has 154 valence electrons.